The van der Waals surface area contributed by atoms with Crippen LogP contribution in [0.3, 0.4) is 0 Å². The minimum atomic E-state index is 0.149. The van der Waals surface area contributed by atoms with E-state index in [0.717, 1.165) is 24.2 Å². The highest BCUT2D eigenvalue weighted by Gasteiger charge is 2.29. The molecule has 5 heteroatoms. The second-order valence-corrected chi connectivity index (χ2v) is 4.45. The zero-order valence-corrected chi connectivity index (χ0v) is 9.91. The first-order chi connectivity index (χ1) is 8.84. The van der Waals surface area contributed by atoms with Crippen molar-refractivity contribution in [2.75, 3.05) is 0 Å². The van der Waals surface area contributed by atoms with Crippen LogP contribution in [0.15, 0.2) is 37.1 Å². The molecule has 0 saturated heterocycles. The number of nitrogens with one attached hydrogen (secondary N) is 1. The van der Waals surface area contributed by atoms with E-state index in [0.29, 0.717) is 6.54 Å². The van der Waals surface area contributed by atoms with Crippen molar-refractivity contribution in [3.8, 4) is 5.82 Å². The van der Waals surface area contributed by atoms with Gasteiger partial charge in [0.15, 0.2) is 0 Å². The Kier molecular flexibility index (Phi) is 2.80. The van der Waals surface area contributed by atoms with Crippen LogP contribution in [0.25, 0.3) is 5.82 Å². The molecular formula is C13H14N4O. The zero-order valence-electron chi connectivity index (χ0n) is 9.91. The van der Waals surface area contributed by atoms with E-state index in [4.69, 9.17) is 0 Å². The number of carbonyl (C=O) groups is 1. The maximum Gasteiger partial charge on any atom is 0.223 e. The Balaban J connectivity index is 1.76. The van der Waals surface area contributed by atoms with Gasteiger partial charge in [-0.25, -0.2) is 9.97 Å². The lowest BCUT2D eigenvalue weighted by Gasteiger charge is -2.09. The number of imidazole rings is 1. The number of carbonyl (C=O) groups excluding carboxylic acids is 1. The molecule has 1 saturated carbocycles. The Morgan fingerprint density at radius 1 is 1.44 bits per heavy atom. The third-order valence-corrected chi connectivity index (χ3v) is 3.02. The molecule has 0 spiro atoms. The molecule has 0 bridgehead atoms. The van der Waals surface area contributed by atoms with Gasteiger partial charge in [0.25, 0.3) is 0 Å². The molecule has 0 radical (unpaired) electrons. The van der Waals surface area contributed by atoms with Crippen molar-refractivity contribution >= 4 is 5.91 Å². The van der Waals surface area contributed by atoms with Crippen LogP contribution in [0, 0.1) is 5.92 Å². The van der Waals surface area contributed by atoms with E-state index in [1.54, 1.807) is 18.7 Å². The first-order valence-electron chi connectivity index (χ1n) is 6.04. The lowest BCUT2D eigenvalue weighted by molar-refractivity contribution is -0.122. The van der Waals surface area contributed by atoms with Crippen LogP contribution < -0.4 is 5.32 Å². The molecule has 2 heterocycles. The topological polar surface area (TPSA) is 59.8 Å². The van der Waals surface area contributed by atoms with Crippen LogP contribution >= 0.6 is 0 Å². The average Bonchev–Trinajstić information content (AvgIpc) is 3.12. The van der Waals surface area contributed by atoms with Gasteiger partial charge in [-0.1, -0.05) is 6.07 Å². The molecule has 1 N–H and O–H groups in total. The molecule has 0 aromatic carbocycles. The van der Waals surface area contributed by atoms with Gasteiger partial charge >= 0.3 is 0 Å². The summed E-state index contributed by atoms with van der Waals surface area (Å²) in [5.74, 6) is 1.19. The molecule has 1 aliphatic carbocycles. The SMILES string of the molecule is O=C(NCc1cccnc1-n1ccnc1)C1CC1. The highest BCUT2D eigenvalue weighted by Crippen LogP contribution is 2.28. The molecule has 1 aliphatic rings. The van der Waals surface area contributed by atoms with Crippen LogP contribution in [0.5, 0.6) is 0 Å². The molecule has 0 aliphatic heterocycles. The van der Waals surface area contributed by atoms with Gasteiger partial charge in [0.05, 0.1) is 0 Å². The van der Waals surface area contributed by atoms with Gasteiger partial charge in [0.1, 0.15) is 12.1 Å². The summed E-state index contributed by atoms with van der Waals surface area (Å²) in [6, 6.07) is 3.84. The molecule has 2 aromatic heterocycles. The summed E-state index contributed by atoms with van der Waals surface area (Å²) in [5.41, 5.74) is 0.990. The molecule has 18 heavy (non-hydrogen) atoms. The number of nitrogens with zero attached hydrogens (tertiary/aromatic N) is 3. The van der Waals surface area contributed by atoms with Crippen LogP contribution in [-0.4, -0.2) is 20.4 Å². The predicted octanol–water partition coefficient (Wildman–Crippen LogP) is 1.29. The van der Waals surface area contributed by atoms with E-state index in [2.05, 4.69) is 15.3 Å². The van der Waals surface area contributed by atoms with Gasteiger partial charge in [-0.05, 0) is 18.9 Å². The highest BCUT2D eigenvalue weighted by molar-refractivity contribution is 5.80. The minimum absolute atomic E-state index is 0.149. The summed E-state index contributed by atoms with van der Waals surface area (Å²) < 4.78 is 1.85. The first-order valence-corrected chi connectivity index (χ1v) is 6.04. The average molecular weight is 242 g/mol. The maximum atomic E-state index is 11.6. The normalized spacial score (nSPS) is 14.4. The fraction of sp³-hybridized carbons (Fsp3) is 0.308. The Bertz CT molecular complexity index is 546. The number of aromatic nitrogens is 3. The third-order valence-electron chi connectivity index (χ3n) is 3.02. The van der Waals surface area contributed by atoms with Crippen LogP contribution in [-0.2, 0) is 11.3 Å². The van der Waals surface area contributed by atoms with Crippen molar-refractivity contribution in [1.29, 1.82) is 0 Å². The fourth-order valence-electron chi connectivity index (χ4n) is 1.86. The maximum absolute atomic E-state index is 11.6. The second-order valence-electron chi connectivity index (χ2n) is 4.45. The summed E-state index contributed by atoms with van der Waals surface area (Å²) >= 11 is 0. The number of hydrogen-bond acceptors (Lipinski definition) is 3. The van der Waals surface area contributed by atoms with Gasteiger partial charge < -0.3 is 5.32 Å². The number of pyridine rings is 1. The van der Waals surface area contributed by atoms with E-state index in [1.165, 1.54) is 0 Å². The molecule has 0 unspecified atom stereocenters. The third kappa shape index (κ3) is 2.25. The van der Waals surface area contributed by atoms with Gasteiger partial charge in [-0.15, -0.1) is 0 Å². The molecule has 0 atom stereocenters. The molecule has 92 valence electrons. The number of amides is 1. The standard InChI is InChI=1S/C13H14N4O/c18-13(10-3-4-10)16-8-11-2-1-5-15-12(11)17-7-6-14-9-17/h1-2,5-7,9-10H,3-4,8H2,(H,16,18). The highest BCUT2D eigenvalue weighted by atomic mass is 16.2. The summed E-state index contributed by atoms with van der Waals surface area (Å²) in [7, 11) is 0. The lowest BCUT2D eigenvalue weighted by atomic mass is 10.2. The zero-order chi connectivity index (χ0) is 12.4. The minimum Gasteiger partial charge on any atom is -0.352 e. The van der Waals surface area contributed by atoms with E-state index in [1.807, 2.05) is 22.9 Å². The fourth-order valence-corrected chi connectivity index (χ4v) is 1.86. The van der Waals surface area contributed by atoms with Crippen molar-refractivity contribution in [2.45, 2.75) is 19.4 Å². The largest absolute Gasteiger partial charge is 0.352 e. The molecule has 2 aromatic rings. The van der Waals surface area contributed by atoms with E-state index >= 15 is 0 Å². The van der Waals surface area contributed by atoms with Gasteiger partial charge in [-0.3, -0.25) is 9.36 Å². The Morgan fingerprint density at radius 3 is 3.06 bits per heavy atom. The van der Waals surface area contributed by atoms with E-state index in [-0.39, 0.29) is 11.8 Å². The smallest absolute Gasteiger partial charge is 0.223 e. The molecule has 3 rings (SSSR count). The summed E-state index contributed by atoms with van der Waals surface area (Å²) in [5, 5.41) is 2.95. The molecule has 1 fully saturated rings. The van der Waals surface area contributed by atoms with Crippen LogP contribution in [0.1, 0.15) is 18.4 Å². The van der Waals surface area contributed by atoms with Gasteiger partial charge in [-0.2, -0.15) is 0 Å². The van der Waals surface area contributed by atoms with Crippen molar-refractivity contribution in [3.05, 3.63) is 42.6 Å². The molecule has 5 nitrogen and oxygen atoms in total. The van der Waals surface area contributed by atoms with Crippen LogP contribution in [0.4, 0.5) is 0 Å². The molecule has 1 amide bonds. The van der Waals surface area contributed by atoms with Crippen molar-refractivity contribution in [3.63, 3.8) is 0 Å². The summed E-state index contributed by atoms with van der Waals surface area (Å²) in [6.07, 6.45) is 9.03. The van der Waals surface area contributed by atoms with Gasteiger partial charge in [0.2, 0.25) is 5.91 Å². The second kappa shape index (κ2) is 4.60. The Morgan fingerprint density at radius 2 is 2.33 bits per heavy atom. The van der Waals surface area contributed by atoms with Crippen molar-refractivity contribution < 1.29 is 4.79 Å². The number of hydrogen-bond donors (Lipinski definition) is 1. The quantitative estimate of drug-likeness (QED) is 0.879. The first kappa shape index (κ1) is 11.0. The van der Waals surface area contributed by atoms with E-state index in [9.17, 15) is 4.79 Å². The summed E-state index contributed by atoms with van der Waals surface area (Å²) in [6.45, 7) is 0.511. The summed E-state index contributed by atoms with van der Waals surface area (Å²) in [4.78, 5) is 20.0. The predicted molar refractivity (Wildman–Crippen MR) is 65.9 cm³/mol. The lowest BCUT2D eigenvalue weighted by Crippen LogP contribution is -2.25. The van der Waals surface area contributed by atoms with Crippen molar-refractivity contribution in [2.24, 2.45) is 5.92 Å². The van der Waals surface area contributed by atoms with Crippen LogP contribution in [0.2, 0.25) is 0 Å². The Labute approximate surface area is 105 Å². The monoisotopic (exact) mass is 242 g/mol. The molecular weight excluding hydrogens is 228 g/mol. The van der Waals surface area contributed by atoms with E-state index < -0.39 is 0 Å². The Hall–Kier alpha value is -2.17. The number of rotatable bonds is 4. The van der Waals surface area contributed by atoms with Gasteiger partial charge in [0, 0.05) is 36.6 Å². The van der Waals surface area contributed by atoms with Crippen molar-refractivity contribution in [1.82, 2.24) is 19.9 Å².